The van der Waals surface area contributed by atoms with Gasteiger partial charge in [-0.2, -0.15) is 0 Å². The van der Waals surface area contributed by atoms with Gasteiger partial charge in [0.15, 0.2) is 0 Å². The predicted octanol–water partition coefficient (Wildman–Crippen LogP) is 3.19. The molecule has 0 spiro atoms. The van der Waals surface area contributed by atoms with Crippen molar-refractivity contribution < 1.29 is 9.90 Å². The molecular formula is C17H20N2O2S. The Balaban J connectivity index is 1.77. The normalized spacial score (nSPS) is 19.4. The van der Waals surface area contributed by atoms with E-state index >= 15 is 0 Å². The van der Waals surface area contributed by atoms with E-state index in [0.717, 1.165) is 30.0 Å². The molecule has 1 aliphatic heterocycles. The summed E-state index contributed by atoms with van der Waals surface area (Å²) in [5.74, 6) is 0.0443. The van der Waals surface area contributed by atoms with Crippen LogP contribution in [0, 0.1) is 0 Å². The van der Waals surface area contributed by atoms with Crippen LogP contribution in [0.5, 0.6) is 0 Å². The van der Waals surface area contributed by atoms with Crippen molar-refractivity contribution in [3.05, 3.63) is 41.4 Å². The average Bonchev–Trinajstić information content (AvgIpc) is 3.16. The quantitative estimate of drug-likeness (QED) is 0.942. The van der Waals surface area contributed by atoms with Gasteiger partial charge in [-0.15, -0.1) is 11.3 Å². The molecule has 1 fully saturated rings. The maximum Gasteiger partial charge on any atom is 0.265 e. The second-order valence-electron chi connectivity index (χ2n) is 5.78. The fourth-order valence-corrected chi connectivity index (χ4v) is 3.85. The number of nitrogens with zero attached hydrogens (tertiary/aromatic N) is 2. The first-order chi connectivity index (χ1) is 10.6. The van der Waals surface area contributed by atoms with E-state index in [1.165, 1.54) is 11.3 Å². The highest BCUT2D eigenvalue weighted by molar-refractivity contribution is 7.16. The van der Waals surface area contributed by atoms with E-state index in [-0.39, 0.29) is 18.1 Å². The molecule has 116 valence electrons. The van der Waals surface area contributed by atoms with Gasteiger partial charge in [0.2, 0.25) is 0 Å². The summed E-state index contributed by atoms with van der Waals surface area (Å²) >= 11 is 1.44. The van der Waals surface area contributed by atoms with Crippen LogP contribution in [0.2, 0.25) is 0 Å². The molecule has 1 aromatic carbocycles. The Labute approximate surface area is 134 Å². The van der Waals surface area contributed by atoms with Gasteiger partial charge < -0.3 is 10.0 Å². The van der Waals surface area contributed by atoms with Crippen LogP contribution in [-0.2, 0) is 0 Å². The first kappa shape index (κ1) is 15.2. The van der Waals surface area contributed by atoms with E-state index < -0.39 is 0 Å². The Bertz CT molecular complexity index is 639. The number of rotatable bonds is 4. The van der Waals surface area contributed by atoms with E-state index in [9.17, 15) is 9.90 Å². The van der Waals surface area contributed by atoms with Crippen LogP contribution in [0.25, 0.3) is 10.6 Å². The summed E-state index contributed by atoms with van der Waals surface area (Å²) < 4.78 is 0. The lowest BCUT2D eigenvalue weighted by Gasteiger charge is -2.25. The Hall–Kier alpha value is -1.72. The Morgan fingerprint density at radius 2 is 2.23 bits per heavy atom. The molecule has 0 radical (unpaired) electrons. The van der Waals surface area contributed by atoms with Crippen molar-refractivity contribution in [2.75, 3.05) is 6.54 Å². The lowest BCUT2D eigenvalue weighted by atomic mass is 10.1. The third-order valence-corrected chi connectivity index (χ3v) is 5.02. The van der Waals surface area contributed by atoms with E-state index in [4.69, 9.17) is 0 Å². The van der Waals surface area contributed by atoms with Crippen LogP contribution < -0.4 is 0 Å². The van der Waals surface area contributed by atoms with E-state index in [1.807, 2.05) is 35.2 Å². The second-order valence-corrected chi connectivity index (χ2v) is 6.81. The van der Waals surface area contributed by atoms with Gasteiger partial charge in [0.05, 0.1) is 12.3 Å². The smallest absolute Gasteiger partial charge is 0.265 e. The molecule has 2 unspecified atom stereocenters. The van der Waals surface area contributed by atoms with Crippen molar-refractivity contribution in [3.8, 4) is 10.6 Å². The predicted molar refractivity (Wildman–Crippen MR) is 87.9 cm³/mol. The largest absolute Gasteiger partial charge is 0.393 e. The zero-order chi connectivity index (χ0) is 15.5. The lowest BCUT2D eigenvalue weighted by molar-refractivity contribution is 0.0686. The minimum absolute atomic E-state index is 0.0443. The number of hydrogen-bond acceptors (Lipinski definition) is 4. The van der Waals surface area contributed by atoms with Crippen LogP contribution in [0.1, 0.15) is 35.9 Å². The van der Waals surface area contributed by atoms with Crippen molar-refractivity contribution in [1.29, 1.82) is 0 Å². The number of benzene rings is 1. The fraction of sp³-hybridized carbons (Fsp3) is 0.412. The number of hydrogen-bond donors (Lipinski definition) is 1. The first-order valence-electron chi connectivity index (χ1n) is 7.65. The monoisotopic (exact) mass is 316 g/mol. The van der Waals surface area contributed by atoms with Gasteiger partial charge in [0.1, 0.15) is 9.88 Å². The van der Waals surface area contributed by atoms with Gasteiger partial charge in [0, 0.05) is 18.2 Å². The van der Waals surface area contributed by atoms with Gasteiger partial charge >= 0.3 is 0 Å². The summed E-state index contributed by atoms with van der Waals surface area (Å²) in [5, 5.41) is 10.5. The Morgan fingerprint density at radius 1 is 1.45 bits per heavy atom. The highest BCUT2D eigenvalue weighted by Gasteiger charge is 2.31. The van der Waals surface area contributed by atoms with E-state index in [0.29, 0.717) is 11.3 Å². The summed E-state index contributed by atoms with van der Waals surface area (Å²) in [4.78, 5) is 19.7. The summed E-state index contributed by atoms with van der Waals surface area (Å²) in [6, 6.07) is 10.1. The highest BCUT2D eigenvalue weighted by Crippen LogP contribution is 2.29. The van der Waals surface area contributed by atoms with Gasteiger partial charge in [-0.25, -0.2) is 4.98 Å². The van der Waals surface area contributed by atoms with Crippen molar-refractivity contribution in [2.45, 2.75) is 38.3 Å². The van der Waals surface area contributed by atoms with Crippen molar-refractivity contribution >= 4 is 17.2 Å². The molecule has 1 aliphatic rings. The molecule has 1 aromatic heterocycles. The fourth-order valence-electron chi connectivity index (χ4n) is 2.97. The molecule has 2 aromatic rings. The topological polar surface area (TPSA) is 53.4 Å². The first-order valence-corrected chi connectivity index (χ1v) is 8.47. The molecule has 4 nitrogen and oxygen atoms in total. The lowest BCUT2D eigenvalue weighted by Crippen LogP contribution is -2.36. The minimum atomic E-state index is -0.375. The molecule has 0 saturated carbocycles. The number of amides is 1. The molecule has 22 heavy (non-hydrogen) atoms. The van der Waals surface area contributed by atoms with Crippen molar-refractivity contribution in [3.63, 3.8) is 0 Å². The molecule has 0 bridgehead atoms. The van der Waals surface area contributed by atoms with Crippen molar-refractivity contribution in [1.82, 2.24) is 9.88 Å². The van der Waals surface area contributed by atoms with E-state index in [2.05, 4.69) is 4.98 Å². The number of aliphatic hydroxyl groups is 1. The standard InChI is InChI=1S/C17H20N2O2S/c1-12(20)10-14-8-5-9-19(14)17(21)15-11-18-16(22-15)13-6-3-2-4-7-13/h2-4,6-7,11-12,14,20H,5,8-10H2,1H3. The molecule has 5 heteroatoms. The molecule has 2 atom stereocenters. The minimum Gasteiger partial charge on any atom is -0.393 e. The number of thiazole rings is 1. The number of carbonyl (C=O) groups is 1. The maximum atomic E-state index is 12.7. The average molecular weight is 316 g/mol. The third-order valence-electron chi connectivity index (χ3n) is 3.99. The summed E-state index contributed by atoms with van der Waals surface area (Å²) in [7, 11) is 0. The zero-order valence-corrected chi connectivity index (χ0v) is 13.4. The van der Waals surface area contributed by atoms with Crippen LogP contribution in [0.4, 0.5) is 0 Å². The summed E-state index contributed by atoms with van der Waals surface area (Å²) in [5.41, 5.74) is 1.04. The summed E-state index contributed by atoms with van der Waals surface area (Å²) in [6.07, 6.45) is 3.93. The molecule has 0 aliphatic carbocycles. The van der Waals surface area contributed by atoms with Crippen LogP contribution in [0.15, 0.2) is 36.5 Å². The number of aromatic nitrogens is 1. The Morgan fingerprint density at radius 3 is 2.95 bits per heavy atom. The number of aliphatic hydroxyl groups excluding tert-OH is 1. The number of carbonyl (C=O) groups excluding carboxylic acids is 1. The highest BCUT2D eigenvalue weighted by atomic mass is 32.1. The van der Waals surface area contributed by atoms with Crippen LogP contribution >= 0.6 is 11.3 Å². The van der Waals surface area contributed by atoms with Gasteiger partial charge in [-0.1, -0.05) is 30.3 Å². The third kappa shape index (κ3) is 3.20. The molecule has 1 N–H and O–H groups in total. The molecule has 1 amide bonds. The van der Waals surface area contributed by atoms with Gasteiger partial charge in [-0.05, 0) is 26.2 Å². The van der Waals surface area contributed by atoms with E-state index in [1.54, 1.807) is 13.1 Å². The van der Waals surface area contributed by atoms with Crippen LogP contribution in [-0.4, -0.2) is 39.6 Å². The van der Waals surface area contributed by atoms with Crippen LogP contribution in [0.3, 0.4) is 0 Å². The molecule has 2 heterocycles. The molecule has 3 rings (SSSR count). The SMILES string of the molecule is CC(O)CC1CCCN1C(=O)c1cnc(-c2ccccc2)s1. The molecule has 1 saturated heterocycles. The zero-order valence-electron chi connectivity index (χ0n) is 12.6. The second kappa shape index (κ2) is 6.58. The van der Waals surface area contributed by atoms with Gasteiger partial charge in [0.25, 0.3) is 5.91 Å². The Kier molecular flexibility index (Phi) is 4.55. The van der Waals surface area contributed by atoms with Gasteiger partial charge in [-0.3, -0.25) is 4.79 Å². The maximum absolute atomic E-state index is 12.7. The van der Waals surface area contributed by atoms with Crippen molar-refractivity contribution in [2.24, 2.45) is 0 Å². The number of likely N-dealkylation sites (tertiary alicyclic amines) is 1. The molecular weight excluding hydrogens is 296 g/mol. The summed E-state index contributed by atoms with van der Waals surface area (Å²) in [6.45, 7) is 2.55.